The number of hydrogen-bond acceptors (Lipinski definition) is 2. The molecule has 1 aliphatic rings. The van der Waals surface area contributed by atoms with Gasteiger partial charge >= 0.3 is 0 Å². The van der Waals surface area contributed by atoms with Crippen LogP contribution in [0.5, 0.6) is 0 Å². The van der Waals surface area contributed by atoms with E-state index in [4.69, 9.17) is 0 Å². The zero-order chi connectivity index (χ0) is 12.6. The van der Waals surface area contributed by atoms with Crippen LogP contribution in [-0.4, -0.2) is 17.3 Å². The molecule has 1 heterocycles. The zero-order valence-corrected chi connectivity index (χ0v) is 10.9. The maximum absolute atomic E-state index is 10.1. The number of aliphatic hydroxyl groups excluding tert-OH is 1. The Labute approximate surface area is 103 Å². The summed E-state index contributed by atoms with van der Waals surface area (Å²) in [5, 5.41) is 13.6. The quantitative estimate of drug-likeness (QED) is 0.728. The Morgan fingerprint density at radius 2 is 2.12 bits per heavy atom. The smallest absolute Gasteiger partial charge is 0.0604 e. The molecule has 0 aliphatic carbocycles. The van der Waals surface area contributed by atoms with Crippen LogP contribution < -0.4 is 5.32 Å². The van der Waals surface area contributed by atoms with Gasteiger partial charge in [0.25, 0.3) is 0 Å². The lowest BCUT2D eigenvalue weighted by Crippen LogP contribution is -2.24. The zero-order valence-electron chi connectivity index (χ0n) is 10.9. The second kappa shape index (κ2) is 4.53. The monoisotopic (exact) mass is 231 g/mol. The Bertz CT molecular complexity index is 450. The van der Waals surface area contributed by atoms with Gasteiger partial charge in [-0.25, -0.2) is 0 Å². The van der Waals surface area contributed by atoms with E-state index in [1.54, 1.807) is 0 Å². The van der Waals surface area contributed by atoms with Gasteiger partial charge < -0.3 is 10.4 Å². The van der Waals surface area contributed by atoms with Gasteiger partial charge in [-0.15, -0.1) is 0 Å². The third kappa shape index (κ3) is 2.52. The minimum Gasteiger partial charge on any atom is -0.393 e. The van der Waals surface area contributed by atoms with Crippen molar-refractivity contribution in [3.63, 3.8) is 0 Å². The first kappa shape index (κ1) is 12.2. The first-order valence-electron chi connectivity index (χ1n) is 6.17. The standard InChI is InChI=1S/C15H21NO/c1-9(2)14-8-12(17)7-13-11(4)5-10(3)6-15(13)16-14/h5-6,12,14,16-17H,1,7-8H2,2-4H3/t12-,14+/m1/s1. The van der Waals surface area contributed by atoms with E-state index in [2.05, 4.69) is 37.9 Å². The van der Waals surface area contributed by atoms with E-state index < -0.39 is 0 Å². The molecule has 0 fully saturated rings. The van der Waals surface area contributed by atoms with E-state index in [0.717, 1.165) is 24.1 Å². The van der Waals surface area contributed by atoms with Gasteiger partial charge in [0.1, 0.15) is 0 Å². The van der Waals surface area contributed by atoms with Gasteiger partial charge in [0.15, 0.2) is 0 Å². The van der Waals surface area contributed by atoms with E-state index >= 15 is 0 Å². The average molecular weight is 231 g/mol. The van der Waals surface area contributed by atoms with E-state index in [9.17, 15) is 5.11 Å². The van der Waals surface area contributed by atoms with Gasteiger partial charge in [-0.3, -0.25) is 0 Å². The lowest BCUT2D eigenvalue weighted by Gasteiger charge is -2.19. The van der Waals surface area contributed by atoms with Crippen molar-refractivity contribution in [2.45, 2.75) is 45.8 Å². The summed E-state index contributed by atoms with van der Waals surface area (Å²) in [6.45, 7) is 10.2. The second-order valence-electron chi connectivity index (χ2n) is 5.24. The lowest BCUT2D eigenvalue weighted by molar-refractivity contribution is 0.164. The van der Waals surface area contributed by atoms with Crippen LogP contribution in [0.25, 0.3) is 0 Å². The summed E-state index contributed by atoms with van der Waals surface area (Å²) in [7, 11) is 0. The molecule has 17 heavy (non-hydrogen) atoms. The maximum atomic E-state index is 10.1. The summed E-state index contributed by atoms with van der Waals surface area (Å²) in [4.78, 5) is 0. The van der Waals surface area contributed by atoms with Gasteiger partial charge in [-0.1, -0.05) is 18.2 Å². The molecule has 2 rings (SSSR count). The number of fused-ring (bicyclic) bond motifs is 1. The minimum absolute atomic E-state index is 0.174. The summed E-state index contributed by atoms with van der Waals surface area (Å²) >= 11 is 0. The number of rotatable bonds is 1. The van der Waals surface area contributed by atoms with Crippen molar-refractivity contribution < 1.29 is 5.11 Å². The fraction of sp³-hybridized carbons (Fsp3) is 0.467. The molecule has 0 unspecified atom stereocenters. The molecule has 0 bridgehead atoms. The van der Waals surface area contributed by atoms with Gasteiger partial charge in [0.05, 0.1) is 6.10 Å². The fourth-order valence-corrected chi connectivity index (χ4v) is 2.56. The predicted octanol–water partition coefficient (Wildman–Crippen LogP) is 2.97. The molecular formula is C15H21NO. The average Bonchev–Trinajstić information content (AvgIpc) is 2.37. The minimum atomic E-state index is -0.285. The molecule has 2 heteroatoms. The van der Waals surface area contributed by atoms with E-state index in [1.165, 1.54) is 16.7 Å². The van der Waals surface area contributed by atoms with Crippen molar-refractivity contribution in [1.82, 2.24) is 0 Å². The van der Waals surface area contributed by atoms with E-state index in [1.807, 2.05) is 6.92 Å². The van der Waals surface area contributed by atoms with Crippen LogP contribution in [0.3, 0.4) is 0 Å². The second-order valence-corrected chi connectivity index (χ2v) is 5.24. The topological polar surface area (TPSA) is 32.3 Å². The molecule has 2 nitrogen and oxygen atoms in total. The molecule has 0 saturated carbocycles. The molecule has 0 radical (unpaired) electrons. The summed E-state index contributed by atoms with van der Waals surface area (Å²) in [5.41, 5.74) is 5.99. The SMILES string of the molecule is C=C(C)[C@@H]1C[C@H](O)Cc2c(C)cc(C)cc2N1. The maximum Gasteiger partial charge on any atom is 0.0604 e. The van der Waals surface area contributed by atoms with Gasteiger partial charge in [-0.05, 0) is 49.9 Å². The number of hydrogen-bond donors (Lipinski definition) is 2. The molecule has 2 atom stereocenters. The molecule has 2 N–H and O–H groups in total. The summed E-state index contributed by atoms with van der Waals surface area (Å²) in [5.74, 6) is 0. The van der Waals surface area contributed by atoms with Gasteiger partial charge in [0.2, 0.25) is 0 Å². The highest BCUT2D eigenvalue weighted by Crippen LogP contribution is 2.29. The molecule has 0 spiro atoms. The number of anilines is 1. The van der Waals surface area contributed by atoms with Crippen molar-refractivity contribution in [3.8, 4) is 0 Å². The number of aliphatic hydroxyl groups is 1. The van der Waals surface area contributed by atoms with Crippen molar-refractivity contribution in [2.75, 3.05) is 5.32 Å². The van der Waals surface area contributed by atoms with Gasteiger partial charge in [-0.2, -0.15) is 0 Å². The van der Waals surface area contributed by atoms with Crippen LogP contribution >= 0.6 is 0 Å². The Balaban J connectivity index is 2.44. The molecular weight excluding hydrogens is 210 g/mol. The van der Waals surface area contributed by atoms with Crippen molar-refractivity contribution in [2.24, 2.45) is 0 Å². The predicted molar refractivity (Wildman–Crippen MR) is 72.5 cm³/mol. The third-order valence-electron chi connectivity index (χ3n) is 3.49. The van der Waals surface area contributed by atoms with Crippen LogP contribution in [-0.2, 0) is 6.42 Å². The number of benzene rings is 1. The van der Waals surface area contributed by atoms with Gasteiger partial charge in [0, 0.05) is 18.2 Å². The highest BCUT2D eigenvalue weighted by molar-refractivity contribution is 5.59. The molecule has 0 aromatic heterocycles. The van der Waals surface area contributed by atoms with Crippen LogP contribution in [0.2, 0.25) is 0 Å². The summed E-state index contributed by atoms with van der Waals surface area (Å²) in [6, 6.07) is 4.51. The largest absolute Gasteiger partial charge is 0.393 e. The first-order chi connectivity index (χ1) is 7.97. The lowest BCUT2D eigenvalue weighted by atomic mass is 9.98. The Morgan fingerprint density at radius 1 is 1.41 bits per heavy atom. The molecule has 1 aliphatic heterocycles. The van der Waals surface area contributed by atoms with Crippen LogP contribution in [0.15, 0.2) is 24.3 Å². The van der Waals surface area contributed by atoms with Crippen molar-refractivity contribution in [1.29, 1.82) is 0 Å². The fourth-order valence-electron chi connectivity index (χ4n) is 2.56. The molecule has 1 aromatic carbocycles. The van der Waals surface area contributed by atoms with E-state index in [0.29, 0.717) is 0 Å². The molecule has 1 aromatic rings. The van der Waals surface area contributed by atoms with Crippen molar-refractivity contribution >= 4 is 5.69 Å². The summed E-state index contributed by atoms with van der Waals surface area (Å²) < 4.78 is 0. The Hall–Kier alpha value is -1.28. The number of aryl methyl sites for hydroxylation is 2. The molecule has 0 amide bonds. The highest BCUT2D eigenvalue weighted by Gasteiger charge is 2.23. The number of nitrogens with one attached hydrogen (secondary N) is 1. The van der Waals surface area contributed by atoms with Crippen LogP contribution in [0.1, 0.15) is 30.0 Å². The molecule has 0 saturated heterocycles. The van der Waals surface area contributed by atoms with Crippen LogP contribution in [0, 0.1) is 13.8 Å². The normalized spacial score (nSPS) is 23.5. The van der Waals surface area contributed by atoms with E-state index in [-0.39, 0.29) is 12.1 Å². The molecule has 92 valence electrons. The first-order valence-corrected chi connectivity index (χ1v) is 6.17. The summed E-state index contributed by atoms with van der Waals surface area (Å²) in [6.07, 6.45) is 1.19. The van der Waals surface area contributed by atoms with Crippen molar-refractivity contribution in [3.05, 3.63) is 41.0 Å². The highest BCUT2D eigenvalue weighted by atomic mass is 16.3. The Kier molecular flexibility index (Phi) is 3.25. The van der Waals surface area contributed by atoms with Crippen LogP contribution in [0.4, 0.5) is 5.69 Å². The third-order valence-corrected chi connectivity index (χ3v) is 3.49. The Morgan fingerprint density at radius 3 is 2.76 bits per heavy atom.